The summed E-state index contributed by atoms with van der Waals surface area (Å²) in [4.78, 5) is 19.7. The number of benzene rings is 2. The SMILES string of the molecule is CN=C(NCc1ccccc1[N+](=O)[O-])N1CCN(c2ccc(OC)cc2)CC1. The molecule has 28 heavy (non-hydrogen) atoms. The van der Waals surface area contributed by atoms with Gasteiger partial charge >= 0.3 is 0 Å². The first kappa shape index (κ1) is 19.5. The van der Waals surface area contributed by atoms with Gasteiger partial charge in [-0.2, -0.15) is 0 Å². The van der Waals surface area contributed by atoms with Gasteiger partial charge in [0.2, 0.25) is 0 Å². The molecule has 0 atom stereocenters. The molecule has 0 aliphatic carbocycles. The van der Waals surface area contributed by atoms with Crippen LogP contribution in [0.5, 0.6) is 5.75 Å². The van der Waals surface area contributed by atoms with Crippen molar-refractivity contribution in [1.29, 1.82) is 0 Å². The third-order valence-corrected chi connectivity index (χ3v) is 4.85. The number of hydrogen-bond donors (Lipinski definition) is 1. The fraction of sp³-hybridized carbons (Fsp3) is 0.350. The molecule has 1 saturated heterocycles. The quantitative estimate of drug-likeness (QED) is 0.370. The molecule has 8 heteroatoms. The summed E-state index contributed by atoms with van der Waals surface area (Å²) < 4.78 is 5.21. The standard InChI is InChI=1S/C20H25N5O3/c1-21-20(22-15-16-5-3-4-6-19(16)25(26)27)24-13-11-23(12-14-24)17-7-9-18(28-2)10-8-17/h3-10H,11-15H2,1-2H3,(H,21,22). The molecule has 0 unspecified atom stereocenters. The number of ether oxygens (including phenoxy) is 1. The van der Waals surface area contributed by atoms with Crippen molar-refractivity contribution in [1.82, 2.24) is 10.2 Å². The van der Waals surface area contributed by atoms with Crippen molar-refractivity contribution in [2.75, 3.05) is 45.2 Å². The molecule has 1 N–H and O–H groups in total. The zero-order valence-electron chi connectivity index (χ0n) is 16.2. The van der Waals surface area contributed by atoms with Gasteiger partial charge in [0.1, 0.15) is 5.75 Å². The van der Waals surface area contributed by atoms with E-state index in [1.807, 2.05) is 12.1 Å². The van der Waals surface area contributed by atoms with E-state index in [9.17, 15) is 10.1 Å². The van der Waals surface area contributed by atoms with Crippen LogP contribution in [0.25, 0.3) is 0 Å². The molecule has 1 heterocycles. The molecule has 0 spiro atoms. The highest BCUT2D eigenvalue weighted by Crippen LogP contribution is 2.21. The van der Waals surface area contributed by atoms with Crippen LogP contribution in [0.2, 0.25) is 0 Å². The topological polar surface area (TPSA) is 83.2 Å². The summed E-state index contributed by atoms with van der Waals surface area (Å²) in [6.45, 7) is 3.75. The highest BCUT2D eigenvalue weighted by molar-refractivity contribution is 5.80. The Bertz CT molecular complexity index is 830. The molecular formula is C20H25N5O3. The van der Waals surface area contributed by atoms with Gasteiger partial charge in [-0.25, -0.2) is 0 Å². The van der Waals surface area contributed by atoms with Crippen LogP contribution in [-0.2, 0) is 6.54 Å². The van der Waals surface area contributed by atoms with Crippen molar-refractivity contribution < 1.29 is 9.66 Å². The maximum absolute atomic E-state index is 11.2. The van der Waals surface area contributed by atoms with Crippen LogP contribution in [0.1, 0.15) is 5.56 Å². The van der Waals surface area contributed by atoms with Crippen LogP contribution in [0.15, 0.2) is 53.5 Å². The molecule has 1 fully saturated rings. The first-order valence-corrected chi connectivity index (χ1v) is 9.19. The maximum Gasteiger partial charge on any atom is 0.274 e. The summed E-state index contributed by atoms with van der Waals surface area (Å²) in [6.07, 6.45) is 0. The van der Waals surface area contributed by atoms with Crippen molar-refractivity contribution in [3.63, 3.8) is 0 Å². The van der Waals surface area contributed by atoms with Crippen molar-refractivity contribution in [2.45, 2.75) is 6.54 Å². The molecule has 148 valence electrons. The van der Waals surface area contributed by atoms with Crippen molar-refractivity contribution in [2.24, 2.45) is 4.99 Å². The van der Waals surface area contributed by atoms with Crippen LogP contribution in [0, 0.1) is 10.1 Å². The summed E-state index contributed by atoms with van der Waals surface area (Å²) in [7, 11) is 3.40. The van der Waals surface area contributed by atoms with Crippen molar-refractivity contribution in [3.05, 3.63) is 64.2 Å². The number of nitrogens with one attached hydrogen (secondary N) is 1. The number of hydrogen-bond acceptors (Lipinski definition) is 5. The van der Waals surface area contributed by atoms with Gasteiger partial charge in [-0.15, -0.1) is 0 Å². The Morgan fingerprint density at radius 1 is 1.14 bits per heavy atom. The van der Waals surface area contributed by atoms with E-state index in [4.69, 9.17) is 4.74 Å². The number of nitro benzene ring substituents is 1. The van der Waals surface area contributed by atoms with Gasteiger partial charge in [-0.1, -0.05) is 18.2 Å². The van der Waals surface area contributed by atoms with Crippen LogP contribution in [-0.4, -0.2) is 56.1 Å². The lowest BCUT2D eigenvalue weighted by atomic mass is 10.2. The normalized spacial score (nSPS) is 14.7. The average molecular weight is 383 g/mol. The minimum atomic E-state index is -0.354. The lowest BCUT2D eigenvalue weighted by Crippen LogP contribution is -2.52. The zero-order chi connectivity index (χ0) is 19.9. The summed E-state index contributed by atoms with van der Waals surface area (Å²) in [5, 5.41) is 14.4. The number of nitrogens with zero attached hydrogens (tertiary/aromatic N) is 4. The first-order chi connectivity index (χ1) is 13.6. The lowest BCUT2D eigenvalue weighted by Gasteiger charge is -2.37. The molecule has 8 nitrogen and oxygen atoms in total. The third-order valence-electron chi connectivity index (χ3n) is 4.85. The summed E-state index contributed by atoms with van der Waals surface area (Å²) >= 11 is 0. The maximum atomic E-state index is 11.2. The molecule has 1 aliphatic rings. The number of nitro groups is 1. The number of piperazine rings is 1. The smallest absolute Gasteiger partial charge is 0.274 e. The van der Waals surface area contributed by atoms with Gasteiger partial charge in [0.15, 0.2) is 5.96 Å². The van der Waals surface area contributed by atoms with Crippen LogP contribution < -0.4 is 15.0 Å². The third kappa shape index (κ3) is 4.51. The summed E-state index contributed by atoms with van der Waals surface area (Å²) in [5.74, 6) is 1.61. The van der Waals surface area contributed by atoms with Gasteiger partial charge in [-0.3, -0.25) is 15.1 Å². The molecule has 0 amide bonds. The Labute approximate surface area is 164 Å². The monoisotopic (exact) mass is 383 g/mol. The number of methoxy groups -OCH3 is 1. The predicted molar refractivity (Wildman–Crippen MR) is 110 cm³/mol. The van der Waals surface area contributed by atoms with E-state index in [1.54, 1.807) is 32.4 Å². The van der Waals surface area contributed by atoms with E-state index in [0.717, 1.165) is 37.9 Å². The molecule has 2 aromatic carbocycles. The Balaban J connectivity index is 1.57. The second-order valence-corrected chi connectivity index (χ2v) is 6.46. The van der Waals surface area contributed by atoms with Crippen LogP contribution in [0.3, 0.4) is 0 Å². The average Bonchev–Trinajstić information content (AvgIpc) is 2.75. The van der Waals surface area contributed by atoms with Crippen molar-refractivity contribution in [3.8, 4) is 5.75 Å². The molecule has 0 bridgehead atoms. The number of rotatable bonds is 5. The highest BCUT2D eigenvalue weighted by Gasteiger charge is 2.20. The van der Waals surface area contributed by atoms with E-state index in [-0.39, 0.29) is 10.6 Å². The molecule has 0 saturated carbocycles. The minimum Gasteiger partial charge on any atom is -0.497 e. The summed E-state index contributed by atoms with van der Waals surface area (Å²) in [6, 6.07) is 14.8. The Morgan fingerprint density at radius 3 is 2.43 bits per heavy atom. The number of para-hydroxylation sites is 1. The second-order valence-electron chi connectivity index (χ2n) is 6.46. The lowest BCUT2D eigenvalue weighted by molar-refractivity contribution is -0.385. The Hall–Kier alpha value is -3.29. The largest absolute Gasteiger partial charge is 0.497 e. The van der Waals surface area contributed by atoms with Gasteiger partial charge in [0.25, 0.3) is 5.69 Å². The molecule has 2 aromatic rings. The van der Waals surface area contributed by atoms with Crippen LogP contribution >= 0.6 is 0 Å². The fourth-order valence-corrected chi connectivity index (χ4v) is 3.31. The summed E-state index contributed by atoms with van der Waals surface area (Å²) in [5.41, 5.74) is 1.93. The van der Waals surface area contributed by atoms with E-state index in [1.165, 1.54) is 11.8 Å². The Kier molecular flexibility index (Phi) is 6.31. The van der Waals surface area contributed by atoms with Gasteiger partial charge in [0, 0.05) is 57.1 Å². The van der Waals surface area contributed by atoms with E-state index >= 15 is 0 Å². The zero-order valence-corrected chi connectivity index (χ0v) is 16.2. The minimum absolute atomic E-state index is 0.120. The highest BCUT2D eigenvalue weighted by atomic mass is 16.6. The predicted octanol–water partition coefficient (Wildman–Crippen LogP) is 2.50. The number of aliphatic imine (C=N–C) groups is 1. The van der Waals surface area contributed by atoms with Crippen molar-refractivity contribution >= 4 is 17.3 Å². The van der Waals surface area contributed by atoms with Gasteiger partial charge in [0.05, 0.1) is 12.0 Å². The second kappa shape index (κ2) is 9.07. The van der Waals surface area contributed by atoms with Gasteiger partial charge < -0.3 is 19.9 Å². The van der Waals surface area contributed by atoms with E-state index in [0.29, 0.717) is 12.1 Å². The molecule has 0 aromatic heterocycles. The fourth-order valence-electron chi connectivity index (χ4n) is 3.31. The molecular weight excluding hydrogens is 358 g/mol. The van der Waals surface area contributed by atoms with E-state index in [2.05, 4.69) is 32.2 Å². The molecule has 3 rings (SSSR count). The molecule has 0 radical (unpaired) electrons. The van der Waals surface area contributed by atoms with E-state index < -0.39 is 0 Å². The number of guanidine groups is 1. The first-order valence-electron chi connectivity index (χ1n) is 9.19. The number of anilines is 1. The van der Waals surface area contributed by atoms with Gasteiger partial charge in [-0.05, 0) is 24.3 Å². The molecule has 1 aliphatic heterocycles. The Morgan fingerprint density at radius 2 is 1.82 bits per heavy atom. The van der Waals surface area contributed by atoms with Crippen LogP contribution in [0.4, 0.5) is 11.4 Å².